The van der Waals surface area contributed by atoms with E-state index in [4.69, 9.17) is 5.11 Å². The van der Waals surface area contributed by atoms with Gasteiger partial charge in [-0.2, -0.15) is 5.10 Å². The fourth-order valence-electron chi connectivity index (χ4n) is 1.21. The minimum absolute atomic E-state index is 0.00752. The van der Waals surface area contributed by atoms with E-state index >= 15 is 0 Å². The van der Waals surface area contributed by atoms with Crippen molar-refractivity contribution in [2.24, 2.45) is 0 Å². The molecule has 0 aliphatic rings. The summed E-state index contributed by atoms with van der Waals surface area (Å²) < 4.78 is 13.8. The molecule has 0 saturated carbocycles. The molecule has 6 heteroatoms. The number of H-pyrrole nitrogens is 1. The molecular weight excluding hydrogens is 255 g/mol. The second-order valence-corrected chi connectivity index (χ2v) is 3.51. The van der Waals surface area contributed by atoms with Gasteiger partial charge >= 0.3 is 5.97 Å². The Morgan fingerprint density at radius 1 is 1.57 bits per heavy atom. The zero-order valence-corrected chi connectivity index (χ0v) is 8.30. The van der Waals surface area contributed by atoms with E-state index < -0.39 is 11.8 Å². The van der Waals surface area contributed by atoms with Crippen LogP contribution in [0, 0.1) is 5.82 Å². The number of fused-ring (bicyclic) bond motifs is 1. The van der Waals surface area contributed by atoms with Crippen molar-refractivity contribution in [3.8, 4) is 0 Å². The summed E-state index contributed by atoms with van der Waals surface area (Å²) in [6, 6.07) is 2.67. The molecule has 0 bridgehead atoms. The minimum atomic E-state index is -1.23. The molecule has 0 aliphatic heterocycles. The Morgan fingerprint density at radius 2 is 2.29 bits per heavy atom. The van der Waals surface area contributed by atoms with E-state index in [0.29, 0.717) is 4.47 Å². The summed E-state index contributed by atoms with van der Waals surface area (Å²) in [6.07, 6.45) is 0. The summed E-state index contributed by atoms with van der Waals surface area (Å²) in [7, 11) is 0. The smallest absolute Gasteiger partial charge is 0.354 e. The van der Waals surface area contributed by atoms with Crippen LogP contribution in [0.2, 0.25) is 0 Å². The Kier molecular flexibility index (Phi) is 1.99. The fourth-order valence-corrected chi connectivity index (χ4v) is 1.63. The van der Waals surface area contributed by atoms with Gasteiger partial charge in [-0.3, -0.25) is 5.10 Å². The molecule has 0 atom stereocenters. The minimum Gasteiger partial charge on any atom is -0.477 e. The molecule has 0 spiro atoms. The average molecular weight is 259 g/mol. The van der Waals surface area contributed by atoms with Crippen molar-refractivity contribution in [3.05, 3.63) is 28.1 Å². The standard InChI is InChI=1S/C8H4BrFN2O2/c9-3-1-2-4(10)5-6(3)11-12-7(5)8(13)14/h1-2H,(H,11,12)(H,13,14). The van der Waals surface area contributed by atoms with E-state index in [9.17, 15) is 9.18 Å². The van der Waals surface area contributed by atoms with Gasteiger partial charge in [-0.05, 0) is 28.1 Å². The first-order valence-corrected chi connectivity index (χ1v) is 4.46. The van der Waals surface area contributed by atoms with Crippen LogP contribution in [0.1, 0.15) is 10.5 Å². The van der Waals surface area contributed by atoms with Crippen LogP contribution in [-0.4, -0.2) is 21.3 Å². The zero-order chi connectivity index (χ0) is 10.3. The van der Waals surface area contributed by atoms with Crippen LogP contribution in [-0.2, 0) is 0 Å². The molecule has 0 aliphatic carbocycles. The molecular formula is C8H4BrFN2O2. The van der Waals surface area contributed by atoms with Crippen LogP contribution < -0.4 is 0 Å². The van der Waals surface area contributed by atoms with Gasteiger partial charge in [0, 0.05) is 4.47 Å². The van der Waals surface area contributed by atoms with Crippen LogP contribution in [0.25, 0.3) is 10.9 Å². The number of carboxylic acids is 1. The van der Waals surface area contributed by atoms with Crippen LogP contribution in [0.3, 0.4) is 0 Å². The Balaban J connectivity index is 2.90. The van der Waals surface area contributed by atoms with Crippen LogP contribution in [0.4, 0.5) is 4.39 Å². The molecule has 1 aromatic carbocycles. The number of aromatic amines is 1. The summed E-state index contributed by atoms with van der Waals surface area (Å²) in [5.74, 6) is -1.83. The van der Waals surface area contributed by atoms with E-state index in [-0.39, 0.29) is 16.6 Å². The van der Waals surface area contributed by atoms with Gasteiger partial charge in [0.25, 0.3) is 0 Å². The maximum absolute atomic E-state index is 13.3. The van der Waals surface area contributed by atoms with Crippen molar-refractivity contribution >= 4 is 32.8 Å². The summed E-state index contributed by atoms with van der Waals surface area (Å²) in [4.78, 5) is 10.7. The number of carboxylic acid groups (broad SMARTS) is 1. The predicted octanol–water partition coefficient (Wildman–Crippen LogP) is 2.16. The van der Waals surface area contributed by atoms with E-state index in [1.165, 1.54) is 12.1 Å². The molecule has 1 aromatic heterocycles. The summed E-state index contributed by atoms with van der Waals surface area (Å²) in [5, 5.41) is 14.7. The number of nitrogens with zero attached hydrogens (tertiary/aromatic N) is 1. The van der Waals surface area contributed by atoms with E-state index in [2.05, 4.69) is 26.1 Å². The van der Waals surface area contributed by atoms with E-state index in [1.54, 1.807) is 0 Å². The number of carbonyl (C=O) groups is 1. The number of aromatic carboxylic acids is 1. The Morgan fingerprint density at radius 3 is 2.93 bits per heavy atom. The van der Waals surface area contributed by atoms with Gasteiger partial charge in [0.15, 0.2) is 5.69 Å². The predicted molar refractivity (Wildman–Crippen MR) is 50.7 cm³/mol. The van der Waals surface area contributed by atoms with Crippen LogP contribution in [0.5, 0.6) is 0 Å². The van der Waals surface area contributed by atoms with Gasteiger partial charge in [-0.1, -0.05) is 0 Å². The highest BCUT2D eigenvalue weighted by Crippen LogP contribution is 2.26. The molecule has 0 unspecified atom stereocenters. The van der Waals surface area contributed by atoms with Crippen molar-refractivity contribution in [2.75, 3.05) is 0 Å². The molecule has 0 amide bonds. The summed E-state index contributed by atoms with van der Waals surface area (Å²) in [5.41, 5.74) is 0.0428. The molecule has 0 fully saturated rings. The molecule has 72 valence electrons. The summed E-state index contributed by atoms with van der Waals surface area (Å²) >= 11 is 3.15. The van der Waals surface area contributed by atoms with Crippen molar-refractivity contribution in [1.82, 2.24) is 10.2 Å². The van der Waals surface area contributed by atoms with Crippen molar-refractivity contribution in [1.29, 1.82) is 0 Å². The highest BCUT2D eigenvalue weighted by atomic mass is 79.9. The number of nitrogens with one attached hydrogen (secondary N) is 1. The molecule has 2 N–H and O–H groups in total. The molecule has 2 rings (SSSR count). The highest BCUT2D eigenvalue weighted by molar-refractivity contribution is 9.10. The number of benzene rings is 1. The SMILES string of the molecule is O=C(O)c1[nH]nc2c(Br)ccc(F)c12. The molecule has 0 radical (unpaired) electrons. The summed E-state index contributed by atoms with van der Waals surface area (Å²) in [6.45, 7) is 0. The molecule has 2 aromatic rings. The van der Waals surface area contributed by atoms with Crippen LogP contribution in [0.15, 0.2) is 16.6 Å². The monoisotopic (exact) mass is 258 g/mol. The van der Waals surface area contributed by atoms with Gasteiger partial charge in [0.05, 0.1) is 5.39 Å². The van der Waals surface area contributed by atoms with Gasteiger partial charge in [-0.25, -0.2) is 9.18 Å². The lowest BCUT2D eigenvalue weighted by atomic mass is 10.2. The number of rotatable bonds is 1. The van der Waals surface area contributed by atoms with Crippen molar-refractivity contribution in [3.63, 3.8) is 0 Å². The number of hydrogen-bond donors (Lipinski definition) is 2. The maximum Gasteiger partial charge on any atom is 0.354 e. The Labute approximate surface area is 85.9 Å². The lowest BCUT2D eigenvalue weighted by Crippen LogP contribution is -1.97. The third kappa shape index (κ3) is 1.19. The number of aromatic nitrogens is 2. The quantitative estimate of drug-likeness (QED) is 0.824. The van der Waals surface area contributed by atoms with Crippen molar-refractivity contribution in [2.45, 2.75) is 0 Å². The molecule has 4 nitrogen and oxygen atoms in total. The van der Waals surface area contributed by atoms with E-state index in [0.717, 1.165) is 0 Å². The Bertz CT molecular complexity index is 523. The molecule has 1 heterocycles. The molecule has 14 heavy (non-hydrogen) atoms. The van der Waals surface area contributed by atoms with Crippen molar-refractivity contribution < 1.29 is 14.3 Å². The molecule has 0 saturated heterocycles. The third-order valence-electron chi connectivity index (χ3n) is 1.82. The Hall–Kier alpha value is -1.43. The largest absolute Gasteiger partial charge is 0.477 e. The second-order valence-electron chi connectivity index (χ2n) is 2.66. The fraction of sp³-hybridized carbons (Fsp3) is 0. The topological polar surface area (TPSA) is 66.0 Å². The van der Waals surface area contributed by atoms with Gasteiger partial charge in [-0.15, -0.1) is 0 Å². The second kappa shape index (κ2) is 3.06. The normalized spacial score (nSPS) is 10.7. The van der Waals surface area contributed by atoms with E-state index in [1.807, 2.05) is 0 Å². The third-order valence-corrected chi connectivity index (χ3v) is 2.46. The number of hydrogen-bond acceptors (Lipinski definition) is 2. The number of halogens is 2. The first-order chi connectivity index (χ1) is 6.61. The zero-order valence-electron chi connectivity index (χ0n) is 6.71. The van der Waals surface area contributed by atoms with Gasteiger partial charge in [0.2, 0.25) is 0 Å². The highest BCUT2D eigenvalue weighted by Gasteiger charge is 2.17. The lowest BCUT2D eigenvalue weighted by molar-refractivity contribution is 0.0692. The maximum atomic E-state index is 13.3. The van der Waals surface area contributed by atoms with Gasteiger partial charge in [0.1, 0.15) is 11.3 Å². The first kappa shape index (κ1) is 9.14. The van der Waals surface area contributed by atoms with Crippen LogP contribution >= 0.6 is 15.9 Å². The lowest BCUT2D eigenvalue weighted by Gasteiger charge is -1.94. The first-order valence-electron chi connectivity index (χ1n) is 3.66. The van der Waals surface area contributed by atoms with Gasteiger partial charge < -0.3 is 5.11 Å². The average Bonchev–Trinajstić information content (AvgIpc) is 2.56.